The summed E-state index contributed by atoms with van der Waals surface area (Å²) in [6.45, 7) is 3.78. The fourth-order valence-electron chi connectivity index (χ4n) is 2.51. The first-order chi connectivity index (χ1) is 12.0. The minimum absolute atomic E-state index is 0.0895. The molecule has 3 rings (SSSR count). The van der Waals surface area contributed by atoms with Gasteiger partial charge in [-0.05, 0) is 62.6 Å². The van der Waals surface area contributed by atoms with E-state index in [4.69, 9.17) is 0 Å². The Hall–Kier alpha value is -2.82. The second kappa shape index (κ2) is 7.38. The molecule has 1 aliphatic rings. The van der Waals surface area contributed by atoms with Crippen molar-refractivity contribution >= 4 is 28.9 Å². The summed E-state index contributed by atoms with van der Waals surface area (Å²) in [5.74, 6) is 0.176. The Morgan fingerprint density at radius 1 is 0.960 bits per heavy atom. The topological polar surface area (TPSA) is 70.2 Å². The highest BCUT2D eigenvalue weighted by molar-refractivity contribution is 5.97. The van der Waals surface area contributed by atoms with E-state index in [1.165, 1.54) is 0 Å². The Labute approximate surface area is 147 Å². The molecule has 2 aromatic carbocycles. The van der Waals surface area contributed by atoms with Crippen molar-refractivity contribution in [2.75, 3.05) is 16.0 Å². The van der Waals surface area contributed by atoms with Gasteiger partial charge in [0, 0.05) is 23.0 Å². The molecule has 0 saturated heterocycles. The number of amides is 2. The summed E-state index contributed by atoms with van der Waals surface area (Å²) < 4.78 is 0. The molecule has 0 aromatic heterocycles. The van der Waals surface area contributed by atoms with Gasteiger partial charge in [0.15, 0.2) is 0 Å². The van der Waals surface area contributed by atoms with Crippen LogP contribution < -0.4 is 16.0 Å². The van der Waals surface area contributed by atoms with Crippen LogP contribution in [0.3, 0.4) is 0 Å². The maximum Gasteiger partial charge on any atom is 0.246 e. The van der Waals surface area contributed by atoms with E-state index in [0.29, 0.717) is 0 Å². The largest absolute Gasteiger partial charge is 0.374 e. The van der Waals surface area contributed by atoms with E-state index in [0.717, 1.165) is 35.5 Å². The first kappa shape index (κ1) is 17.0. The molecule has 0 aliphatic heterocycles. The van der Waals surface area contributed by atoms with Crippen LogP contribution in [0, 0.1) is 12.8 Å². The molecular weight excluding hydrogens is 314 g/mol. The van der Waals surface area contributed by atoms with Crippen molar-refractivity contribution in [1.29, 1.82) is 0 Å². The summed E-state index contributed by atoms with van der Waals surface area (Å²) in [5, 5.41) is 9.00. The van der Waals surface area contributed by atoms with Crippen molar-refractivity contribution in [3.05, 3.63) is 54.1 Å². The zero-order valence-corrected chi connectivity index (χ0v) is 14.5. The van der Waals surface area contributed by atoms with Crippen molar-refractivity contribution in [2.24, 2.45) is 5.92 Å². The minimum atomic E-state index is -0.383. The lowest BCUT2D eigenvalue weighted by atomic mass is 10.2. The van der Waals surface area contributed by atoms with Crippen LogP contribution in [-0.4, -0.2) is 17.9 Å². The van der Waals surface area contributed by atoms with Crippen LogP contribution in [0.4, 0.5) is 17.1 Å². The van der Waals surface area contributed by atoms with Crippen molar-refractivity contribution in [3.63, 3.8) is 0 Å². The summed E-state index contributed by atoms with van der Waals surface area (Å²) in [4.78, 5) is 24.1. The Bertz CT molecular complexity index is 767. The summed E-state index contributed by atoms with van der Waals surface area (Å²) in [6.07, 6.45) is 1.97. The Balaban J connectivity index is 1.54. The van der Waals surface area contributed by atoms with E-state index in [9.17, 15) is 9.59 Å². The number of rotatable bonds is 6. The molecule has 5 heteroatoms. The number of benzene rings is 2. The van der Waals surface area contributed by atoms with Crippen LogP contribution in [0.5, 0.6) is 0 Å². The lowest BCUT2D eigenvalue weighted by molar-refractivity contribution is -0.117. The average molecular weight is 337 g/mol. The van der Waals surface area contributed by atoms with E-state index in [2.05, 4.69) is 16.0 Å². The first-order valence-corrected chi connectivity index (χ1v) is 8.57. The number of hydrogen-bond donors (Lipinski definition) is 3. The van der Waals surface area contributed by atoms with E-state index in [1.54, 1.807) is 0 Å². The maximum absolute atomic E-state index is 12.3. The Morgan fingerprint density at radius 3 is 2.24 bits per heavy atom. The fourth-order valence-corrected chi connectivity index (χ4v) is 2.51. The molecule has 1 atom stereocenters. The summed E-state index contributed by atoms with van der Waals surface area (Å²) in [6, 6.07) is 14.7. The maximum atomic E-state index is 12.3. The quantitative estimate of drug-likeness (QED) is 0.751. The Kier molecular flexibility index (Phi) is 5.03. The van der Waals surface area contributed by atoms with Gasteiger partial charge in [-0.2, -0.15) is 0 Å². The van der Waals surface area contributed by atoms with Gasteiger partial charge in [0.25, 0.3) is 0 Å². The molecule has 5 nitrogen and oxygen atoms in total. The summed E-state index contributed by atoms with van der Waals surface area (Å²) in [7, 11) is 0. The second-order valence-corrected chi connectivity index (χ2v) is 6.51. The molecule has 1 unspecified atom stereocenters. The molecule has 2 amide bonds. The molecular formula is C20H23N3O2. The fraction of sp³-hybridized carbons (Fsp3) is 0.300. The molecule has 0 spiro atoms. The van der Waals surface area contributed by atoms with Gasteiger partial charge in [0.2, 0.25) is 11.8 Å². The van der Waals surface area contributed by atoms with Gasteiger partial charge in [-0.15, -0.1) is 0 Å². The first-order valence-electron chi connectivity index (χ1n) is 8.57. The standard InChI is InChI=1S/C20H23N3O2/c1-13-5-3-4-6-18(13)23-19(24)14(2)21-16-9-11-17(12-10-16)22-20(25)15-7-8-15/h3-6,9-12,14-15,21H,7-8H2,1-2H3,(H,22,25)(H,23,24). The Morgan fingerprint density at radius 2 is 1.60 bits per heavy atom. The van der Waals surface area contributed by atoms with Crippen LogP contribution in [-0.2, 0) is 9.59 Å². The minimum Gasteiger partial charge on any atom is -0.374 e. The average Bonchev–Trinajstić information content (AvgIpc) is 3.43. The lowest BCUT2D eigenvalue weighted by Crippen LogP contribution is -2.32. The highest BCUT2D eigenvalue weighted by Crippen LogP contribution is 2.30. The van der Waals surface area contributed by atoms with Gasteiger partial charge >= 0.3 is 0 Å². The van der Waals surface area contributed by atoms with Crippen LogP contribution in [0.25, 0.3) is 0 Å². The van der Waals surface area contributed by atoms with Crippen LogP contribution in [0.1, 0.15) is 25.3 Å². The molecule has 3 N–H and O–H groups in total. The highest BCUT2D eigenvalue weighted by atomic mass is 16.2. The predicted octanol–water partition coefficient (Wildman–Crippen LogP) is 3.78. The van der Waals surface area contributed by atoms with Gasteiger partial charge in [-0.1, -0.05) is 18.2 Å². The smallest absolute Gasteiger partial charge is 0.246 e. The second-order valence-electron chi connectivity index (χ2n) is 6.51. The monoisotopic (exact) mass is 337 g/mol. The summed E-state index contributed by atoms with van der Waals surface area (Å²) in [5.41, 5.74) is 3.45. The number of carbonyl (C=O) groups excluding carboxylic acids is 2. The van der Waals surface area contributed by atoms with Crippen molar-refractivity contribution in [1.82, 2.24) is 0 Å². The molecule has 130 valence electrons. The van der Waals surface area contributed by atoms with Crippen LogP contribution in [0.2, 0.25) is 0 Å². The number of anilines is 3. The lowest BCUT2D eigenvalue weighted by Gasteiger charge is -2.16. The predicted molar refractivity (Wildman–Crippen MR) is 101 cm³/mol. The SMILES string of the molecule is Cc1ccccc1NC(=O)C(C)Nc1ccc(NC(=O)C2CC2)cc1. The number of nitrogens with one attached hydrogen (secondary N) is 3. The number of aryl methyl sites for hydroxylation is 1. The molecule has 1 saturated carbocycles. The van der Waals surface area contributed by atoms with Gasteiger partial charge < -0.3 is 16.0 Å². The van der Waals surface area contributed by atoms with Crippen LogP contribution >= 0.6 is 0 Å². The van der Waals surface area contributed by atoms with Crippen molar-refractivity contribution in [3.8, 4) is 0 Å². The number of para-hydroxylation sites is 1. The molecule has 0 radical (unpaired) electrons. The number of hydrogen-bond acceptors (Lipinski definition) is 3. The normalized spacial score (nSPS) is 14.5. The molecule has 0 heterocycles. The molecule has 2 aromatic rings. The van der Waals surface area contributed by atoms with Gasteiger partial charge in [-0.25, -0.2) is 0 Å². The third-order valence-corrected chi connectivity index (χ3v) is 4.28. The van der Waals surface area contributed by atoms with E-state index in [1.807, 2.05) is 62.4 Å². The van der Waals surface area contributed by atoms with E-state index in [-0.39, 0.29) is 23.8 Å². The van der Waals surface area contributed by atoms with Crippen LogP contribution in [0.15, 0.2) is 48.5 Å². The van der Waals surface area contributed by atoms with E-state index < -0.39 is 0 Å². The zero-order chi connectivity index (χ0) is 17.8. The summed E-state index contributed by atoms with van der Waals surface area (Å²) >= 11 is 0. The van der Waals surface area contributed by atoms with Crippen molar-refractivity contribution in [2.45, 2.75) is 32.7 Å². The zero-order valence-electron chi connectivity index (χ0n) is 14.5. The van der Waals surface area contributed by atoms with Gasteiger partial charge in [-0.3, -0.25) is 9.59 Å². The highest BCUT2D eigenvalue weighted by Gasteiger charge is 2.29. The number of carbonyl (C=O) groups is 2. The molecule has 1 aliphatic carbocycles. The third kappa shape index (κ3) is 4.59. The van der Waals surface area contributed by atoms with Gasteiger partial charge in [0.05, 0.1) is 0 Å². The molecule has 1 fully saturated rings. The van der Waals surface area contributed by atoms with E-state index >= 15 is 0 Å². The third-order valence-electron chi connectivity index (χ3n) is 4.28. The molecule has 0 bridgehead atoms. The molecule has 25 heavy (non-hydrogen) atoms. The van der Waals surface area contributed by atoms with Crippen molar-refractivity contribution < 1.29 is 9.59 Å². The van der Waals surface area contributed by atoms with Gasteiger partial charge in [0.1, 0.15) is 6.04 Å².